The molecule has 3 heterocycles. The summed E-state index contributed by atoms with van der Waals surface area (Å²) in [6.45, 7) is 1.58. The number of ether oxygens (including phenoxy) is 11. The van der Waals surface area contributed by atoms with Gasteiger partial charge in [-0.25, -0.2) is 4.79 Å². The number of nitrogens with one attached hydrogen (secondary N) is 1. The Labute approximate surface area is 470 Å². The zero-order valence-corrected chi connectivity index (χ0v) is 45.7. The van der Waals surface area contributed by atoms with Gasteiger partial charge < -0.3 is 57.4 Å². The first-order valence-electron chi connectivity index (χ1n) is 22.9. The second kappa shape index (κ2) is 26.2. The predicted molar refractivity (Wildman–Crippen MR) is 274 cm³/mol. The van der Waals surface area contributed by atoms with Crippen molar-refractivity contribution in [3.63, 3.8) is 0 Å². The number of methoxy groups -OCH3 is 1. The van der Waals surface area contributed by atoms with Crippen LogP contribution in [-0.2, 0) is 70.2 Å². The minimum absolute atomic E-state index is 0.0100. The molecule has 26 heteroatoms. The van der Waals surface area contributed by atoms with Crippen LogP contribution in [-0.4, -0.2) is 133 Å². The van der Waals surface area contributed by atoms with E-state index in [1.165, 1.54) is 19.2 Å². The third-order valence-corrected chi connectivity index (χ3v) is 13.8. The highest BCUT2D eigenvalue weighted by atomic mass is 35.6. The van der Waals surface area contributed by atoms with Crippen LogP contribution in [0.2, 0.25) is 20.1 Å². The van der Waals surface area contributed by atoms with Gasteiger partial charge >= 0.3 is 24.0 Å². The maximum atomic E-state index is 14.9. The van der Waals surface area contributed by atoms with Crippen molar-refractivity contribution >= 4 is 117 Å². The van der Waals surface area contributed by atoms with Crippen molar-refractivity contribution in [3.8, 4) is 11.5 Å². The molecule has 1 N–H and O–H groups in total. The smallest absolute Gasteiger partial charge is 0.407 e. The predicted octanol–water partition coefficient (Wildman–Crippen LogP) is 8.88. The molecule has 3 aliphatic rings. The number of alkyl halides is 3. The average molecular weight is 1200 g/mol. The molecule has 76 heavy (non-hydrogen) atoms. The molecule has 4 aromatic carbocycles. The Bertz CT molecular complexity index is 2690. The first-order valence-corrected chi connectivity index (χ1v) is 25.6. The monoisotopic (exact) mass is 1190 g/mol. The number of rotatable bonds is 19. The summed E-state index contributed by atoms with van der Waals surface area (Å²) in [6, 6.07) is 20.5. The van der Waals surface area contributed by atoms with E-state index in [1.54, 1.807) is 66.7 Å². The van der Waals surface area contributed by atoms with E-state index in [-0.39, 0.29) is 35.6 Å². The summed E-state index contributed by atoms with van der Waals surface area (Å²) in [5.74, 6) is -4.44. The number of hydrogen-bond acceptors (Lipinski definition) is 17. The number of benzene rings is 4. The van der Waals surface area contributed by atoms with Gasteiger partial charge in [-0.2, -0.15) is 0 Å². The van der Waals surface area contributed by atoms with Gasteiger partial charge in [-0.3, -0.25) is 28.9 Å². The maximum Gasteiger partial charge on any atom is 0.407 e. The average Bonchev–Trinajstić information content (AvgIpc) is 3.65. The summed E-state index contributed by atoms with van der Waals surface area (Å²) in [5.41, 5.74) is 0.561. The fourth-order valence-corrected chi connectivity index (χ4v) is 9.68. The lowest BCUT2D eigenvalue weighted by atomic mass is 9.93. The van der Waals surface area contributed by atoms with Crippen LogP contribution in [0.5, 0.6) is 11.5 Å². The van der Waals surface area contributed by atoms with Gasteiger partial charge in [-0.05, 0) is 35.4 Å². The summed E-state index contributed by atoms with van der Waals surface area (Å²) >= 11 is 43.9. The van der Waals surface area contributed by atoms with Crippen LogP contribution in [0.25, 0.3) is 0 Å². The summed E-state index contributed by atoms with van der Waals surface area (Å²) in [6.07, 6.45) is -14.7. The van der Waals surface area contributed by atoms with E-state index in [0.29, 0.717) is 10.6 Å². The highest BCUT2D eigenvalue weighted by Crippen LogP contribution is 2.47. The van der Waals surface area contributed by atoms with Crippen molar-refractivity contribution in [1.29, 1.82) is 0 Å². The van der Waals surface area contributed by atoms with Gasteiger partial charge in [0.25, 0.3) is 11.8 Å². The number of esters is 3. The lowest BCUT2D eigenvalue weighted by Crippen LogP contribution is -2.71. The maximum absolute atomic E-state index is 14.9. The van der Waals surface area contributed by atoms with E-state index < -0.39 is 135 Å². The molecule has 408 valence electrons. The fraction of sp³-hybridized carbons (Fsp3) is 0.400. The minimum atomic E-state index is -2.11. The first kappa shape index (κ1) is 58.8. The summed E-state index contributed by atoms with van der Waals surface area (Å²) in [5, 5.41) is 0.977. The third-order valence-electron chi connectivity index (χ3n) is 11.6. The Morgan fingerprint density at radius 2 is 1.07 bits per heavy atom. The number of imide groups is 1. The second-order valence-electron chi connectivity index (χ2n) is 17.0. The molecule has 4 aromatic rings. The molecular weight excluding hydrogens is 1150 g/mol. The van der Waals surface area contributed by atoms with Crippen molar-refractivity contribution in [2.45, 2.75) is 99.1 Å². The number of carbonyl (C=O) groups excluding carboxylic acids is 6. The summed E-state index contributed by atoms with van der Waals surface area (Å²) in [4.78, 5) is 83.6. The van der Waals surface area contributed by atoms with E-state index in [2.05, 4.69) is 5.32 Å². The van der Waals surface area contributed by atoms with Crippen LogP contribution in [0.3, 0.4) is 0 Å². The van der Waals surface area contributed by atoms with Crippen molar-refractivity contribution in [2.75, 3.05) is 26.9 Å². The SMILES string of the molecule is COc1ccc(O[C@@H]2O[C@H](COCc3ccccc3)[C@@H](O[C@@H]3O[C@H](COCc4ccccc4)[C@H](OC(C)=O)[C@H](OC(C)=O)[C@H]3NC(=O)OCC(Cl)(Cl)Cl)[C@H](OC(C)=O)[C@H]2N2C(=O)c3c(Cl)c(Cl)c(Cl)c(Cl)c3C2=O)cc1. The Morgan fingerprint density at radius 3 is 1.55 bits per heavy atom. The highest BCUT2D eigenvalue weighted by molar-refractivity contribution is 6.67. The van der Waals surface area contributed by atoms with Crippen LogP contribution in [0, 0.1) is 0 Å². The first-order chi connectivity index (χ1) is 36.1. The van der Waals surface area contributed by atoms with Gasteiger partial charge in [0.1, 0.15) is 48.5 Å². The number of halogens is 7. The van der Waals surface area contributed by atoms with Gasteiger partial charge in [0.2, 0.25) is 10.1 Å². The molecule has 7 rings (SSSR count). The zero-order chi connectivity index (χ0) is 55.0. The van der Waals surface area contributed by atoms with E-state index >= 15 is 0 Å². The Balaban J connectivity index is 1.39. The number of carbonyl (C=O) groups is 6. The standard InChI is InChI=1S/C50H47Cl7N2O17/c1-24(60)70-41-31(21-67-19-27-11-7-5-8-12-27)74-47(39(43(41)71-25(2)61)58-49(65)69-23-50(55,56)57)76-42-32(22-68-20-28-13-9-6-10-14-28)75-48(73-30-17-15-29(66-4)16-18-30)40(44(42)72-26(3)62)59-45(63)33-34(46(59)64)36(52)38(54)37(53)35(33)51/h5-18,31-32,39-44,47-48H,19-23H2,1-4H3,(H,58,65)/t31-,32-,39-,40-,41+,42-,43-,44-,47+,48-/m1/s1. The highest BCUT2D eigenvalue weighted by Gasteiger charge is 2.60. The van der Waals surface area contributed by atoms with Crippen LogP contribution >= 0.6 is 81.2 Å². The lowest BCUT2D eigenvalue weighted by Gasteiger charge is -2.50. The number of amides is 3. The second-order valence-corrected chi connectivity index (χ2v) is 21.1. The van der Waals surface area contributed by atoms with E-state index in [9.17, 15) is 28.8 Å². The Kier molecular flexibility index (Phi) is 20.3. The van der Waals surface area contributed by atoms with Crippen molar-refractivity contribution in [1.82, 2.24) is 10.2 Å². The molecule has 3 aliphatic heterocycles. The largest absolute Gasteiger partial charge is 0.497 e. The van der Waals surface area contributed by atoms with Crippen LogP contribution in [0.4, 0.5) is 4.79 Å². The van der Waals surface area contributed by atoms with Crippen LogP contribution in [0.15, 0.2) is 84.9 Å². The summed E-state index contributed by atoms with van der Waals surface area (Å²) in [7, 11) is 1.45. The van der Waals surface area contributed by atoms with Gasteiger partial charge in [0.15, 0.2) is 24.6 Å². The van der Waals surface area contributed by atoms with Gasteiger partial charge in [0.05, 0.1) is 64.8 Å². The number of fused-ring (bicyclic) bond motifs is 1. The number of alkyl carbamates (subject to hydrolysis) is 1. The molecule has 3 amide bonds. The number of nitrogens with zero attached hydrogens (tertiary/aromatic N) is 1. The molecule has 0 aliphatic carbocycles. The van der Waals surface area contributed by atoms with Crippen LogP contribution in [0.1, 0.15) is 52.6 Å². The molecule has 2 fully saturated rings. The molecule has 19 nitrogen and oxygen atoms in total. The number of hydrogen-bond donors (Lipinski definition) is 1. The van der Waals surface area contributed by atoms with Crippen molar-refractivity contribution in [3.05, 3.63) is 127 Å². The van der Waals surface area contributed by atoms with Crippen LogP contribution < -0.4 is 14.8 Å². The normalized spacial score (nSPS) is 24.3. The van der Waals surface area contributed by atoms with E-state index in [0.717, 1.165) is 31.9 Å². The van der Waals surface area contributed by atoms with Gasteiger partial charge in [-0.1, -0.05) is 142 Å². The summed E-state index contributed by atoms with van der Waals surface area (Å²) < 4.78 is 65.1. The molecule has 0 unspecified atom stereocenters. The third kappa shape index (κ3) is 14.4. The van der Waals surface area contributed by atoms with Crippen molar-refractivity contribution < 1.29 is 80.9 Å². The molecule has 0 bridgehead atoms. The molecule has 0 spiro atoms. The topological polar surface area (TPSA) is 219 Å². The van der Waals surface area contributed by atoms with E-state index in [1.807, 2.05) is 6.07 Å². The molecule has 0 radical (unpaired) electrons. The van der Waals surface area contributed by atoms with E-state index in [4.69, 9.17) is 133 Å². The molecule has 2 saturated heterocycles. The molecule has 0 saturated carbocycles. The Morgan fingerprint density at radius 1 is 0.605 bits per heavy atom. The zero-order valence-electron chi connectivity index (χ0n) is 40.4. The quantitative estimate of drug-likeness (QED) is 0.0231. The molecule has 0 aromatic heterocycles. The van der Waals surface area contributed by atoms with Gasteiger partial charge in [0, 0.05) is 20.8 Å². The minimum Gasteiger partial charge on any atom is -0.497 e. The Hall–Kier alpha value is -4.87. The van der Waals surface area contributed by atoms with Crippen molar-refractivity contribution in [2.24, 2.45) is 0 Å². The fourth-order valence-electron chi connectivity index (χ4n) is 8.50. The van der Waals surface area contributed by atoms with Gasteiger partial charge in [-0.15, -0.1) is 0 Å². The lowest BCUT2D eigenvalue weighted by molar-refractivity contribution is -0.332. The molecule has 10 atom stereocenters. The molecular formula is C50H47Cl7N2O17.